The predicted octanol–water partition coefficient (Wildman–Crippen LogP) is 2.12. The van der Waals surface area contributed by atoms with E-state index in [0.29, 0.717) is 0 Å². The number of ketones is 1. The number of carbonyl (C=O) groups is 2. The largest absolute Gasteiger partial charge is 0.465 e. The van der Waals surface area contributed by atoms with E-state index in [2.05, 4.69) is 16.4 Å². The zero-order chi connectivity index (χ0) is 15.7. The highest BCUT2D eigenvalue weighted by Crippen LogP contribution is 2.34. The number of rotatable bonds is 4. The highest BCUT2D eigenvalue weighted by molar-refractivity contribution is 5.99. The summed E-state index contributed by atoms with van der Waals surface area (Å²) in [7, 11) is 0. The van der Waals surface area contributed by atoms with Crippen molar-refractivity contribution in [2.45, 2.75) is 26.3 Å². The number of fused-ring (bicyclic) bond motifs is 3. The number of Topliss-reactive ketones (excluding diaryl/α,β-unsaturated/α-hetero) is 1. The van der Waals surface area contributed by atoms with Crippen molar-refractivity contribution >= 4 is 22.7 Å². The normalized spacial score (nSPS) is 18.7. The Morgan fingerprint density at radius 3 is 2.86 bits per heavy atom. The Morgan fingerprint density at radius 2 is 2.14 bits per heavy atom. The van der Waals surface area contributed by atoms with Gasteiger partial charge in [0.05, 0.1) is 12.6 Å². The number of H-pyrrole nitrogens is 1. The maximum Gasteiger partial charge on any atom is 0.318 e. The number of aromatic amines is 1. The van der Waals surface area contributed by atoms with Crippen LogP contribution in [0.5, 0.6) is 0 Å². The number of hydrogen-bond donors (Lipinski definition) is 2. The van der Waals surface area contributed by atoms with Gasteiger partial charge < -0.3 is 15.0 Å². The van der Waals surface area contributed by atoms with E-state index in [9.17, 15) is 9.59 Å². The third kappa shape index (κ3) is 2.41. The molecule has 0 saturated heterocycles. The molecule has 1 aliphatic rings. The maximum atomic E-state index is 12.2. The maximum absolute atomic E-state index is 12.2. The second kappa shape index (κ2) is 5.93. The number of carbonyl (C=O) groups excluding carboxylic acids is 2. The Hall–Kier alpha value is -2.14. The van der Waals surface area contributed by atoms with Crippen LogP contribution in [0, 0.1) is 5.92 Å². The molecule has 2 unspecified atom stereocenters. The van der Waals surface area contributed by atoms with Gasteiger partial charge in [-0.15, -0.1) is 0 Å². The Kier molecular flexibility index (Phi) is 3.98. The molecule has 0 saturated carbocycles. The van der Waals surface area contributed by atoms with Crippen molar-refractivity contribution in [1.29, 1.82) is 0 Å². The summed E-state index contributed by atoms with van der Waals surface area (Å²) in [5.74, 6) is -1.45. The number of benzene rings is 1. The van der Waals surface area contributed by atoms with Gasteiger partial charge in [-0.25, -0.2) is 0 Å². The quantitative estimate of drug-likeness (QED) is 0.670. The van der Waals surface area contributed by atoms with E-state index < -0.39 is 11.9 Å². The van der Waals surface area contributed by atoms with Crippen LogP contribution in [0.3, 0.4) is 0 Å². The summed E-state index contributed by atoms with van der Waals surface area (Å²) in [6, 6.07) is 7.70. The number of esters is 1. The molecule has 0 fully saturated rings. The molecule has 2 heterocycles. The summed E-state index contributed by atoms with van der Waals surface area (Å²) in [5.41, 5.74) is 3.16. The third-order valence-electron chi connectivity index (χ3n) is 4.21. The molecule has 5 nitrogen and oxygen atoms in total. The molecule has 3 rings (SSSR count). The van der Waals surface area contributed by atoms with Crippen LogP contribution in [0.15, 0.2) is 24.3 Å². The van der Waals surface area contributed by atoms with E-state index >= 15 is 0 Å². The highest BCUT2D eigenvalue weighted by atomic mass is 16.5. The van der Waals surface area contributed by atoms with Crippen LogP contribution in [0.4, 0.5) is 0 Å². The van der Waals surface area contributed by atoms with Crippen LogP contribution in [0.2, 0.25) is 0 Å². The molecule has 0 bridgehead atoms. The van der Waals surface area contributed by atoms with Crippen molar-refractivity contribution in [3.63, 3.8) is 0 Å². The van der Waals surface area contributed by atoms with Gasteiger partial charge in [-0.1, -0.05) is 18.2 Å². The average Bonchev–Trinajstić information content (AvgIpc) is 2.87. The van der Waals surface area contributed by atoms with Crippen molar-refractivity contribution in [3.05, 3.63) is 35.5 Å². The van der Waals surface area contributed by atoms with E-state index in [-0.39, 0.29) is 18.4 Å². The molecule has 0 radical (unpaired) electrons. The smallest absolute Gasteiger partial charge is 0.318 e. The topological polar surface area (TPSA) is 71.2 Å². The number of hydrogen-bond acceptors (Lipinski definition) is 4. The Bertz CT molecular complexity index is 720. The van der Waals surface area contributed by atoms with Crippen molar-refractivity contribution in [3.8, 4) is 0 Å². The van der Waals surface area contributed by atoms with Crippen molar-refractivity contribution in [1.82, 2.24) is 10.3 Å². The van der Waals surface area contributed by atoms with Crippen LogP contribution in [0.25, 0.3) is 10.9 Å². The number of nitrogens with one attached hydrogen (secondary N) is 2. The number of aromatic nitrogens is 1. The van der Waals surface area contributed by atoms with Gasteiger partial charge in [0.1, 0.15) is 11.7 Å². The molecule has 1 aromatic heterocycles. The van der Waals surface area contributed by atoms with Gasteiger partial charge in [0, 0.05) is 16.6 Å². The summed E-state index contributed by atoms with van der Waals surface area (Å²) in [6.45, 7) is 4.20. The van der Waals surface area contributed by atoms with Crippen LogP contribution in [-0.4, -0.2) is 29.9 Å². The van der Waals surface area contributed by atoms with Gasteiger partial charge in [0.2, 0.25) is 0 Å². The van der Waals surface area contributed by atoms with E-state index in [1.54, 1.807) is 6.92 Å². The van der Waals surface area contributed by atoms with Crippen molar-refractivity contribution in [2.24, 2.45) is 5.92 Å². The van der Waals surface area contributed by atoms with Crippen molar-refractivity contribution < 1.29 is 14.3 Å². The molecule has 2 atom stereocenters. The van der Waals surface area contributed by atoms with E-state index in [1.165, 1.54) is 12.5 Å². The zero-order valence-corrected chi connectivity index (χ0v) is 12.8. The van der Waals surface area contributed by atoms with Crippen LogP contribution >= 0.6 is 0 Å². The van der Waals surface area contributed by atoms with Gasteiger partial charge in [-0.3, -0.25) is 9.59 Å². The van der Waals surface area contributed by atoms with E-state index in [1.807, 2.05) is 18.2 Å². The summed E-state index contributed by atoms with van der Waals surface area (Å²) in [6.07, 6.45) is 0.878. The Morgan fingerprint density at radius 1 is 1.36 bits per heavy atom. The average molecular weight is 300 g/mol. The molecular formula is C17H20N2O3. The molecule has 0 spiro atoms. The van der Waals surface area contributed by atoms with Gasteiger partial charge in [0.15, 0.2) is 0 Å². The lowest BCUT2D eigenvalue weighted by Crippen LogP contribution is -2.41. The molecular weight excluding hydrogens is 280 g/mol. The SMILES string of the molecule is CCOC(=O)C(C(C)=O)C1NCCc2c1[nH]c1ccccc21. The monoisotopic (exact) mass is 300 g/mol. The number of ether oxygens (including phenoxy) is 1. The van der Waals surface area contributed by atoms with Gasteiger partial charge in [0.25, 0.3) is 0 Å². The van der Waals surface area contributed by atoms with Crippen LogP contribution < -0.4 is 5.32 Å². The third-order valence-corrected chi connectivity index (χ3v) is 4.21. The molecule has 2 aromatic rings. The summed E-state index contributed by atoms with van der Waals surface area (Å²) >= 11 is 0. The van der Waals surface area contributed by atoms with Crippen LogP contribution in [0.1, 0.15) is 31.1 Å². The molecule has 0 aliphatic carbocycles. The molecule has 5 heteroatoms. The Balaban J connectivity index is 2.06. The minimum absolute atomic E-state index is 0.178. The van der Waals surface area contributed by atoms with E-state index in [4.69, 9.17) is 4.74 Å². The van der Waals surface area contributed by atoms with Gasteiger partial charge in [-0.05, 0) is 38.4 Å². The second-order valence-electron chi connectivity index (χ2n) is 5.58. The molecule has 1 aromatic carbocycles. The lowest BCUT2D eigenvalue weighted by Gasteiger charge is -2.29. The lowest BCUT2D eigenvalue weighted by molar-refractivity contribution is -0.152. The van der Waals surface area contributed by atoms with E-state index in [0.717, 1.165) is 29.6 Å². The fraction of sp³-hybridized carbons (Fsp3) is 0.412. The second-order valence-corrected chi connectivity index (χ2v) is 5.58. The first-order valence-electron chi connectivity index (χ1n) is 7.63. The summed E-state index contributed by atoms with van der Waals surface area (Å²) in [4.78, 5) is 27.6. The predicted molar refractivity (Wildman–Crippen MR) is 83.6 cm³/mol. The molecule has 1 aliphatic heterocycles. The minimum atomic E-state index is -0.813. The Labute approximate surface area is 129 Å². The fourth-order valence-corrected chi connectivity index (χ4v) is 3.26. The molecule has 116 valence electrons. The lowest BCUT2D eigenvalue weighted by atomic mass is 9.88. The first-order valence-corrected chi connectivity index (χ1v) is 7.63. The number of para-hydroxylation sites is 1. The molecule has 22 heavy (non-hydrogen) atoms. The van der Waals surface area contributed by atoms with Gasteiger partial charge in [-0.2, -0.15) is 0 Å². The first kappa shape index (κ1) is 14.8. The summed E-state index contributed by atoms with van der Waals surface area (Å²) < 4.78 is 5.09. The summed E-state index contributed by atoms with van der Waals surface area (Å²) in [5, 5.41) is 4.47. The first-order chi connectivity index (χ1) is 10.6. The van der Waals surface area contributed by atoms with Crippen LogP contribution in [-0.2, 0) is 20.7 Å². The standard InChI is InChI=1S/C17H20N2O3/c1-3-22-17(21)14(10(2)20)16-15-12(8-9-18-16)11-6-4-5-7-13(11)19-15/h4-7,14,16,18-19H,3,8-9H2,1-2H3. The zero-order valence-electron chi connectivity index (χ0n) is 12.8. The highest BCUT2D eigenvalue weighted by Gasteiger charge is 2.38. The fourth-order valence-electron chi connectivity index (χ4n) is 3.26. The molecule has 0 amide bonds. The van der Waals surface area contributed by atoms with Gasteiger partial charge >= 0.3 is 5.97 Å². The van der Waals surface area contributed by atoms with Crippen molar-refractivity contribution in [2.75, 3.05) is 13.2 Å². The minimum Gasteiger partial charge on any atom is -0.465 e. The molecule has 2 N–H and O–H groups in total.